The van der Waals surface area contributed by atoms with E-state index in [0.29, 0.717) is 6.54 Å². The fraction of sp³-hybridized carbons (Fsp3) is 0.538. The molecule has 1 aliphatic rings. The number of nitrogens with zero attached hydrogens (tertiary/aromatic N) is 3. The lowest BCUT2D eigenvalue weighted by Gasteiger charge is -2.30. The number of hydrogen-bond donors (Lipinski definition) is 0. The van der Waals surface area contributed by atoms with E-state index >= 15 is 0 Å². The number of aromatic nitrogens is 2. The summed E-state index contributed by atoms with van der Waals surface area (Å²) in [6.45, 7) is 5.09. The van der Waals surface area contributed by atoms with Gasteiger partial charge in [-0.2, -0.15) is 0 Å². The number of thiophene rings is 1. The van der Waals surface area contributed by atoms with Crippen molar-refractivity contribution in [3.05, 3.63) is 27.6 Å². The summed E-state index contributed by atoms with van der Waals surface area (Å²) in [4.78, 5) is 19.0. The van der Waals surface area contributed by atoms with Crippen LogP contribution in [0.3, 0.4) is 0 Å². The minimum absolute atomic E-state index is 0.0416. The van der Waals surface area contributed by atoms with E-state index in [0.717, 1.165) is 35.5 Å². The summed E-state index contributed by atoms with van der Waals surface area (Å²) >= 11 is 1.47. The van der Waals surface area contributed by atoms with E-state index in [1.54, 1.807) is 10.9 Å². The molecule has 1 fully saturated rings. The Morgan fingerprint density at radius 2 is 2.42 bits per heavy atom. The van der Waals surface area contributed by atoms with Crippen molar-refractivity contribution in [2.75, 3.05) is 26.7 Å². The molecule has 0 aliphatic carbocycles. The molecule has 0 amide bonds. The van der Waals surface area contributed by atoms with Crippen LogP contribution in [0.4, 0.5) is 0 Å². The van der Waals surface area contributed by atoms with Gasteiger partial charge in [0.15, 0.2) is 0 Å². The number of rotatable bonds is 2. The van der Waals surface area contributed by atoms with Gasteiger partial charge in [-0.15, -0.1) is 11.3 Å². The molecule has 0 spiro atoms. The van der Waals surface area contributed by atoms with Crippen molar-refractivity contribution in [1.82, 2.24) is 14.5 Å². The quantitative estimate of drug-likeness (QED) is 0.826. The second-order valence-electron chi connectivity index (χ2n) is 5.05. The van der Waals surface area contributed by atoms with E-state index in [-0.39, 0.29) is 11.7 Å². The van der Waals surface area contributed by atoms with Gasteiger partial charge >= 0.3 is 0 Å². The highest BCUT2D eigenvalue weighted by atomic mass is 32.1. The van der Waals surface area contributed by atoms with Crippen molar-refractivity contribution >= 4 is 21.6 Å². The molecule has 102 valence electrons. The third-order valence-electron chi connectivity index (χ3n) is 3.47. The molecule has 0 saturated carbocycles. The van der Waals surface area contributed by atoms with E-state index < -0.39 is 0 Å². The summed E-state index contributed by atoms with van der Waals surface area (Å²) in [7, 11) is 2.07. The van der Waals surface area contributed by atoms with E-state index in [1.807, 2.05) is 12.3 Å². The zero-order chi connectivity index (χ0) is 13.4. The fourth-order valence-electron chi connectivity index (χ4n) is 2.39. The van der Waals surface area contributed by atoms with Crippen LogP contribution in [0.1, 0.15) is 5.56 Å². The van der Waals surface area contributed by atoms with Gasteiger partial charge in [0.05, 0.1) is 31.1 Å². The standard InChI is InChI=1S/C13H17N3O2S/c1-9-7-19-12-11(9)14-8-16(13(12)17)6-10-5-15(2)3-4-18-10/h7-8,10H,3-6H2,1-2H3. The van der Waals surface area contributed by atoms with Crippen LogP contribution in [-0.2, 0) is 11.3 Å². The predicted molar refractivity (Wildman–Crippen MR) is 75.9 cm³/mol. The molecular weight excluding hydrogens is 262 g/mol. The molecule has 3 heterocycles. The van der Waals surface area contributed by atoms with Crippen molar-refractivity contribution in [2.45, 2.75) is 19.6 Å². The third kappa shape index (κ3) is 2.43. The highest BCUT2D eigenvalue weighted by molar-refractivity contribution is 7.17. The fourth-order valence-corrected chi connectivity index (χ4v) is 3.34. The second kappa shape index (κ2) is 5.03. The first-order chi connectivity index (χ1) is 9.15. The Labute approximate surface area is 115 Å². The summed E-state index contributed by atoms with van der Waals surface area (Å²) in [5, 5.41) is 1.98. The molecule has 3 rings (SSSR count). The maximum absolute atomic E-state index is 12.4. The lowest BCUT2D eigenvalue weighted by atomic mass is 10.2. The highest BCUT2D eigenvalue weighted by Crippen LogP contribution is 2.19. The number of fused-ring (bicyclic) bond motifs is 1. The van der Waals surface area contributed by atoms with Crippen LogP contribution >= 0.6 is 11.3 Å². The molecule has 0 N–H and O–H groups in total. The number of morpholine rings is 1. The van der Waals surface area contributed by atoms with Crippen LogP contribution in [0.25, 0.3) is 10.2 Å². The molecule has 6 heteroatoms. The van der Waals surface area contributed by atoms with Gasteiger partial charge < -0.3 is 9.64 Å². The summed E-state index contributed by atoms with van der Waals surface area (Å²) in [5.41, 5.74) is 1.94. The van der Waals surface area contributed by atoms with E-state index in [2.05, 4.69) is 16.9 Å². The van der Waals surface area contributed by atoms with Crippen molar-refractivity contribution in [2.24, 2.45) is 0 Å². The Kier molecular flexibility index (Phi) is 3.38. The number of hydrogen-bond acceptors (Lipinski definition) is 5. The first-order valence-corrected chi connectivity index (χ1v) is 7.26. The van der Waals surface area contributed by atoms with Gasteiger partial charge in [0, 0.05) is 13.1 Å². The molecule has 1 unspecified atom stereocenters. The Hall–Kier alpha value is -1.24. The molecule has 5 nitrogen and oxygen atoms in total. The lowest BCUT2D eigenvalue weighted by molar-refractivity contribution is -0.0279. The normalized spacial score (nSPS) is 21.1. The Morgan fingerprint density at radius 1 is 1.58 bits per heavy atom. The van der Waals surface area contributed by atoms with Gasteiger partial charge in [-0.3, -0.25) is 9.36 Å². The zero-order valence-corrected chi connectivity index (χ0v) is 11.9. The molecule has 0 radical (unpaired) electrons. The van der Waals surface area contributed by atoms with Crippen LogP contribution in [0.2, 0.25) is 0 Å². The maximum atomic E-state index is 12.4. The molecular formula is C13H17N3O2S. The highest BCUT2D eigenvalue weighted by Gasteiger charge is 2.19. The van der Waals surface area contributed by atoms with Gasteiger partial charge in [-0.05, 0) is 24.9 Å². The number of aryl methyl sites for hydroxylation is 1. The SMILES string of the molecule is Cc1csc2c(=O)n(CC3CN(C)CCO3)cnc12. The van der Waals surface area contributed by atoms with Crippen molar-refractivity contribution < 1.29 is 4.74 Å². The Morgan fingerprint density at radius 3 is 3.21 bits per heavy atom. The maximum Gasteiger partial charge on any atom is 0.271 e. The summed E-state index contributed by atoms with van der Waals surface area (Å²) in [6.07, 6.45) is 1.71. The van der Waals surface area contributed by atoms with Crippen molar-refractivity contribution in [3.63, 3.8) is 0 Å². The molecule has 19 heavy (non-hydrogen) atoms. The molecule has 1 saturated heterocycles. The lowest BCUT2D eigenvalue weighted by Crippen LogP contribution is -2.43. The molecule has 1 atom stereocenters. The average Bonchev–Trinajstić information content (AvgIpc) is 2.76. The van der Waals surface area contributed by atoms with Crippen molar-refractivity contribution in [3.8, 4) is 0 Å². The topological polar surface area (TPSA) is 47.4 Å². The van der Waals surface area contributed by atoms with Gasteiger partial charge in [-0.25, -0.2) is 4.98 Å². The van der Waals surface area contributed by atoms with Crippen LogP contribution in [0, 0.1) is 6.92 Å². The molecule has 2 aromatic heterocycles. The Bertz CT molecular complexity index is 649. The van der Waals surface area contributed by atoms with Crippen LogP contribution < -0.4 is 5.56 Å². The first kappa shape index (κ1) is 12.8. The monoisotopic (exact) mass is 279 g/mol. The largest absolute Gasteiger partial charge is 0.374 e. The van der Waals surface area contributed by atoms with Crippen LogP contribution in [0.15, 0.2) is 16.5 Å². The van der Waals surface area contributed by atoms with Crippen molar-refractivity contribution in [1.29, 1.82) is 0 Å². The second-order valence-corrected chi connectivity index (χ2v) is 5.93. The minimum Gasteiger partial charge on any atom is -0.374 e. The zero-order valence-electron chi connectivity index (χ0n) is 11.1. The first-order valence-electron chi connectivity index (χ1n) is 6.38. The van der Waals surface area contributed by atoms with Crippen LogP contribution in [0.5, 0.6) is 0 Å². The Balaban J connectivity index is 1.89. The molecule has 1 aliphatic heterocycles. The minimum atomic E-state index is 0.0416. The van der Waals surface area contributed by atoms with Gasteiger partial charge in [0.25, 0.3) is 5.56 Å². The smallest absolute Gasteiger partial charge is 0.271 e. The predicted octanol–water partition coefficient (Wildman–Crippen LogP) is 1.10. The molecule has 0 aromatic carbocycles. The molecule has 0 bridgehead atoms. The summed E-state index contributed by atoms with van der Waals surface area (Å²) in [5.74, 6) is 0. The number of likely N-dealkylation sites (N-methyl/N-ethyl adjacent to an activating group) is 1. The van der Waals surface area contributed by atoms with E-state index in [9.17, 15) is 4.79 Å². The van der Waals surface area contributed by atoms with E-state index in [4.69, 9.17) is 4.74 Å². The van der Waals surface area contributed by atoms with E-state index in [1.165, 1.54) is 11.3 Å². The van der Waals surface area contributed by atoms with Gasteiger partial charge in [0.1, 0.15) is 4.70 Å². The van der Waals surface area contributed by atoms with Gasteiger partial charge in [-0.1, -0.05) is 0 Å². The average molecular weight is 279 g/mol. The summed E-state index contributed by atoms with van der Waals surface area (Å²) in [6, 6.07) is 0. The van der Waals surface area contributed by atoms with Gasteiger partial charge in [0.2, 0.25) is 0 Å². The third-order valence-corrected chi connectivity index (χ3v) is 4.54. The van der Waals surface area contributed by atoms with Crippen LogP contribution in [-0.4, -0.2) is 47.3 Å². The number of ether oxygens (including phenoxy) is 1. The summed E-state index contributed by atoms with van der Waals surface area (Å²) < 4.78 is 8.11. The molecule has 2 aromatic rings.